The number of ether oxygens (including phenoxy) is 3. The summed E-state index contributed by atoms with van der Waals surface area (Å²) in [6.45, 7) is 1.94. The number of amides is 1. The van der Waals surface area contributed by atoms with Crippen molar-refractivity contribution in [2.75, 3.05) is 13.7 Å². The summed E-state index contributed by atoms with van der Waals surface area (Å²) in [5.74, 6) is 0.447. The van der Waals surface area contributed by atoms with Crippen molar-refractivity contribution in [2.24, 2.45) is 0 Å². The number of aryl methyl sites for hydroxylation is 1. The minimum Gasteiger partial charge on any atom is -0.493 e. The highest BCUT2D eigenvalue weighted by Crippen LogP contribution is 2.29. The molecular weight excluding hydrogens is 436 g/mol. The van der Waals surface area contributed by atoms with E-state index in [4.69, 9.17) is 18.6 Å². The highest BCUT2D eigenvalue weighted by molar-refractivity contribution is 6.01. The molecule has 0 fully saturated rings. The van der Waals surface area contributed by atoms with E-state index < -0.39 is 11.9 Å². The number of nitrogens with one attached hydrogen (secondary N) is 1. The van der Waals surface area contributed by atoms with E-state index in [-0.39, 0.29) is 30.2 Å². The summed E-state index contributed by atoms with van der Waals surface area (Å²) in [7, 11) is 1.42. The van der Waals surface area contributed by atoms with Crippen molar-refractivity contribution in [3.05, 3.63) is 83.3 Å². The van der Waals surface area contributed by atoms with Gasteiger partial charge in [0.05, 0.1) is 19.9 Å². The van der Waals surface area contributed by atoms with Crippen LogP contribution in [0, 0.1) is 11.3 Å². The van der Waals surface area contributed by atoms with Gasteiger partial charge in [0.2, 0.25) is 0 Å². The van der Waals surface area contributed by atoms with Gasteiger partial charge in [0.15, 0.2) is 18.1 Å². The third kappa shape index (κ3) is 6.74. The Labute approximate surface area is 197 Å². The lowest BCUT2D eigenvalue weighted by Crippen LogP contribution is -2.23. The van der Waals surface area contributed by atoms with Crippen LogP contribution in [0.15, 0.2) is 70.9 Å². The topological polar surface area (TPSA) is 111 Å². The largest absolute Gasteiger partial charge is 0.493 e. The number of rotatable bonds is 10. The quantitative estimate of drug-likeness (QED) is 0.210. The van der Waals surface area contributed by atoms with Gasteiger partial charge >= 0.3 is 5.97 Å². The molecule has 174 valence electrons. The van der Waals surface area contributed by atoms with Gasteiger partial charge in [0.25, 0.3) is 5.91 Å². The number of methoxy groups -OCH3 is 1. The van der Waals surface area contributed by atoms with Crippen LogP contribution >= 0.6 is 0 Å². The van der Waals surface area contributed by atoms with Crippen LogP contribution in [-0.4, -0.2) is 25.6 Å². The average Bonchev–Trinajstić information content (AvgIpc) is 3.39. The highest BCUT2D eigenvalue weighted by Gasteiger charge is 2.14. The summed E-state index contributed by atoms with van der Waals surface area (Å²) >= 11 is 0. The summed E-state index contributed by atoms with van der Waals surface area (Å²) < 4.78 is 21.3. The molecule has 0 bridgehead atoms. The van der Waals surface area contributed by atoms with Gasteiger partial charge in [-0.15, -0.1) is 0 Å². The van der Waals surface area contributed by atoms with Crippen LogP contribution in [-0.2, 0) is 22.6 Å². The lowest BCUT2D eigenvalue weighted by atomic mass is 10.1. The molecule has 0 spiro atoms. The lowest BCUT2D eigenvalue weighted by molar-refractivity contribution is -0.136. The first-order valence-corrected chi connectivity index (χ1v) is 10.5. The number of hydrogen-bond acceptors (Lipinski definition) is 7. The molecule has 1 amide bonds. The molecule has 0 saturated heterocycles. The zero-order valence-electron chi connectivity index (χ0n) is 18.9. The van der Waals surface area contributed by atoms with Gasteiger partial charge in [0, 0.05) is 0 Å². The third-order valence-electron chi connectivity index (χ3n) is 4.78. The Morgan fingerprint density at radius 3 is 2.56 bits per heavy atom. The number of benzene rings is 2. The predicted octanol–water partition coefficient (Wildman–Crippen LogP) is 4.06. The predicted molar refractivity (Wildman–Crippen MR) is 124 cm³/mol. The van der Waals surface area contributed by atoms with Crippen LogP contribution in [0.5, 0.6) is 17.2 Å². The molecule has 0 aliphatic rings. The van der Waals surface area contributed by atoms with E-state index in [1.807, 2.05) is 18.2 Å². The number of furan rings is 1. The van der Waals surface area contributed by atoms with Crippen molar-refractivity contribution in [3.63, 3.8) is 0 Å². The van der Waals surface area contributed by atoms with E-state index in [1.54, 1.807) is 36.4 Å². The van der Waals surface area contributed by atoms with E-state index in [0.29, 0.717) is 17.1 Å². The minimum atomic E-state index is -0.601. The van der Waals surface area contributed by atoms with Crippen LogP contribution in [0.2, 0.25) is 0 Å². The Balaban J connectivity index is 1.62. The molecule has 0 aliphatic heterocycles. The lowest BCUT2D eigenvalue weighted by Gasteiger charge is -2.11. The van der Waals surface area contributed by atoms with Gasteiger partial charge in [0.1, 0.15) is 23.2 Å². The molecule has 3 rings (SSSR count). The molecule has 1 aromatic heterocycles. The molecule has 8 heteroatoms. The number of nitrogens with zero attached hydrogens (tertiary/aromatic N) is 1. The molecule has 0 aliphatic carbocycles. The zero-order valence-corrected chi connectivity index (χ0v) is 18.9. The minimum absolute atomic E-state index is 0.0964. The summed E-state index contributed by atoms with van der Waals surface area (Å²) in [6.07, 6.45) is 3.83. The van der Waals surface area contributed by atoms with Gasteiger partial charge in [-0.05, 0) is 60.0 Å². The number of esters is 1. The van der Waals surface area contributed by atoms with Gasteiger partial charge in [-0.1, -0.05) is 25.1 Å². The summed E-state index contributed by atoms with van der Waals surface area (Å²) in [5.41, 5.74) is 1.60. The van der Waals surface area contributed by atoms with Crippen LogP contribution < -0.4 is 19.5 Å². The van der Waals surface area contributed by atoms with Crippen LogP contribution in [0.4, 0.5) is 0 Å². The highest BCUT2D eigenvalue weighted by atomic mass is 16.6. The maximum absolute atomic E-state index is 12.3. The maximum atomic E-state index is 12.3. The molecule has 3 aromatic rings. The molecule has 2 aromatic carbocycles. The second-order valence-corrected chi connectivity index (χ2v) is 7.10. The van der Waals surface area contributed by atoms with E-state index in [2.05, 4.69) is 12.2 Å². The molecule has 34 heavy (non-hydrogen) atoms. The van der Waals surface area contributed by atoms with Gasteiger partial charge in [-0.3, -0.25) is 4.79 Å². The number of carbonyl (C=O) groups excluding carboxylic acids is 2. The molecule has 1 N–H and O–H groups in total. The molecule has 0 atom stereocenters. The van der Waals surface area contributed by atoms with Gasteiger partial charge in [-0.2, -0.15) is 5.26 Å². The van der Waals surface area contributed by atoms with Crippen molar-refractivity contribution in [3.8, 4) is 23.3 Å². The Morgan fingerprint density at radius 2 is 1.91 bits per heavy atom. The van der Waals surface area contributed by atoms with E-state index in [0.717, 1.165) is 6.42 Å². The fourth-order valence-corrected chi connectivity index (χ4v) is 2.97. The Morgan fingerprint density at radius 1 is 1.12 bits per heavy atom. The van der Waals surface area contributed by atoms with Crippen LogP contribution in [0.25, 0.3) is 6.08 Å². The first-order chi connectivity index (χ1) is 16.5. The summed E-state index contributed by atoms with van der Waals surface area (Å²) in [4.78, 5) is 24.5. The zero-order chi connectivity index (χ0) is 24.3. The average molecular weight is 460 g/mol. The Bertz CT molecular complexity index is 1190. The molecule has 1 heterocycles. The molecule has 8 nitrogen and oxygen atoms in total. The summed E-state index contributed by atoms with van der Waals surface area (Å²) in [5, 5.41) is 12.0. The van der Waals surface area contributed by atoms with Crippen molar-refractivity contribution < 1.29 is 28.2 Å². The fraction of sp³-hybridized carbons (Fsp3) is 0.192. The Kier molecular flexibility index (Phi) is 8.47. The standard InChI is InChI=1S/C26H24N2O6/c1-3-18-6-9-21(10-7-18)33-17-25(29)34-23-11-8-19(14-24(23)31-2)13-20(15-27)26(30)28-16-22-5-4-12-32-22/h4-14H,3,16-17H2,1-2H3,(H,28,30)/b20-13+. The first-order valence-electron chi connectivity index (χ1n) is 10.5. The van der Waals surface area contributed by atoms with Crippen molar-refractivity contribution >= 4 is 18.0 Å². The second-order valence-electron chi connectivity index (χ2n) is 7.10. The van der Waals surface area contributed by atoms with Crippen molar-refractivity contribution in [2.45, 2.75) is 19.9 Å². The molecule has 0 unspecified atom stereocenters. The second kappa shape index (κ2) is 11.9. The maximum Gasteiger partial charge on any atom is 0.349 e. The van der Waals surface area contributed by atoms with E-state index >= 15 is 0 Å². The fourth-order valence-electron chi connectivity index (χ4n) is 2.97. The smallest absolute Gasteiger partial charge is 0.349 e. The number of carbonyl (C=O) groups is 2. The van der Waals surface area contributed by atoms with Crippen molar-refractivity contribution in [1.82, 2.24) is 5.32 Å². The molecule has 0 radical (unpaired) electrons. The normalized spacial score (nSPS) is 10.8. The number of hydrogen-bond donors (Lipinski definition) is 1. The first kappa shape index (κ1) is 24.1. The molecule has 0 saturated carbocycles. The monoisotopic (exact) mass is 460 g/mol. The van der Waals surface area contributed by atoms with Crippen LogP contribution in [0.1, 0.15) is 23.8 Å². The van der Waals surface area contributed by atoms with Gasteiger partial charge < -0.3 is 23.9 Å². The summed E-state index contributed by atoms with van der Waals surface area (Å²) in [6, 6.07) is 17.4. The third-order valence-corrected chi connectivity index (χ3v) is 4.78. The SMILES string of the molecule is CCc1ccc(OCC(=O)Oc2ccc(/C=C(\C#N)C(=O)NCc3ccco3)cc2OC)cc1. The van der Waals surface area contributed by atoms with E-state index in [9.17, 15) is 14.9 Å². The number of nitriles is 1. The van der Waals surface area contributed by atoms with E-state index in [1.165, 1.54) is 31.1 Å². The van der Waals surface area contributed by atoms with Gasteiger partial charge in [-0.25, -0.2) is 4.79 Å². The van der Waals surface area contributed by atoms with Crippen molar-refractivity contribution in [1.29, 1.82) is 5.26 Å². The molecular formula is C26H24N2O6. The Hall–Kier alpha value is -4.51. The van der Waals surface area contributed by atoms with Crippen LogP contribution in [0.3, 0.4) is 0 Å².